The number of nitrogens with zero attached hydrogens (tertiary/aromatic N) is 2. The molecular weight excluding hydrogens is 279 g/mol. The first-order valence-corrected chi connectivity index (χ1v) is 7.02. The van der Waals surface area contributed by atoms with Gasteiger partial charge in [0.25, 0.3) is 0 Å². The van der Waals surface area contributed by atoms with Crippen LogP contribution in [-0.4, -0.2) is 19.6 Å². The van der Waals surface area contributed by atoms with Gasteiger partial charge in [-0.2, -0.15) is 18.4 Å². The van der Waals surface area contributed by atoms with Crippen molar-refractivity contribution in [3.8, 4) is 6.07 Å². The Labute approximate surface area is 122 Å². The smallest absolute Gasteiger partial charge is 0.371 e. The zero-order valence-electron chi connectivity index (χ0n) is 11.7. The van der Waals surface area contributed by atoms with E-state index in [9.17, 15) is 13.2 Å². The highest BCUT2D eigenvalue weighted by atomic mass is 19.4. The van der Waals surface area contributed by atoms with Gasteiger partial charge in [0.1, 0.15) is 0 Å². The minimum atomic E-state index is -4.51. The molecule has 1 saturated heterocycles. The third-order valence-electron chi connectivity index (χ3n) is 3.89. The van der Waals surface area contributed by atoms with Gasteiger partial charge in [0.05, 0.1) is 17.2 Å². The maximum absolute atomic E-state index is 13.0. The first kappa shape index (κ1) is 15.6. The van der Waals surface area contributed by atoms with Crippen LogP contribution in [0.1, 0.15) is 30.4 Å². The fourth-order valence-electron chi connectivity index (χ4n) is 2.83. The molecule has 114 valence electrons. The van der Waals surface area contributed by atoms with Crippen molar-refractivity contribution >= 4 is 5.69 Å². The van der Waals surface area contributed by atoms with Crippen molar-refractivity contribution in [2.24, 2.45) is 11.7 Å². The van der Waals surface area contributed by atoms with Crippen LogP contribution in [0.25, 0.3) is 0 Å². The summed E-state index contributed by atoms with van der Waals surface area (Å²) in [4.78, 5) is 1.96. The van der Waals surface area contributed by atoms with Crippen molar-refractivity contribution in [1.82, 2.24) is 0 Å². The predicted molar refractivity (Wildman–Crippen MR) is 74.8 cm³/mol. The Kier molecular flexibility index (Phi) is 4.73. The second kappa shape index (κ2) is 6.35. The zero-order chi connectivity index (χ0) is 15.5. The van der Waals surface area contributed by atoms with Crippen LogP contribution in [-0.2, 0) is 6.18 Å². The zero-order valence-corrected chi connectivity index (χ0v) is 11.7. The van der Waals surface area contributed by atoms with Crippen LogP contribution in [0, 0.1) is 17.2 Å². The summed E-state index contributed by atoms with van der Waals surface area (Å²) in [5.74, 6) is 0.425. The summed E-state index contributed by atoms with van der Waals surface area (Å²) in [5.41, 5.74) is 4.90. The van der Waals surface area contributed by atoms with Gasteiger partial charge in [-0.15, -0.1) is 0 Å². The number of anilines is 1. The van der Waals surface area contributed by atoms with E-state index < -0.39 is 11.7 Å². The Morgan fingerprint density at radius 3 is 2.76 bits per heavy atom. The highest BCUT2D eigenvalue weighted by molar-refractivity contribution is 5.55. The molecule has 1 heterocycles. The molecule has 1 aliphatic heterocycles. The van der Waals surface area contributed by atoms with Gasteiger partial charge in [-0.1, -0.05) is 0 Å². The summed E-state index contributed by atoms with van der Waals surface area (Å²) >= 11 is 0. The first-order valence-electron chi connectivity index (χ1n) is 7.02. The molecule has 2 rings (SSSR count). The van der Waals surface area contributed by atoms with E-state index in [1.54, 1.807) is 12.1 Å². The number of alkyl halides is 3. The fraction of sp³-hybridized carbons (Fsp3) is 0.533. The van der Waals surface area contributed by atoms with Crippen LogP contribution in [0.3, 0.4) is 0 Å². The third-order valence-corrected chi connectivity index (χ3v) is 3.89. The lowest BCUT2D eigenvalue weighted by molar-refractivity contribution is -0.137. The minimum absolute atomic E-state index is 0.332. The molecule has 1 atom stereocenters. The number of halogens is 3. The van der Waals surface area contributed by atoms with Crippen molar-refractivity contribution in [1.29, 1.82) is 5.26 Å². The Morgan fingerprint density at radius 1 is 1.38 bits per heavy atom. The Balaban J connectivity index is 2.26. The number of rotatable bonds is 3. The molecule has 0 saturated carbocycles. The average Bonchev–Trinajstić information content (AvgIpc) is 2.46. The quantitative estimate of drug-likeness (QED) is 0.932. The molecule has 0 aliphatic carbocycles. The van der Waals surface area contributed by atoms with E-state index in [1.165, 1.54) is 6.07 Å². The predicted octanol–water partition coefficient (Wildman–Crippen LogP) is 3.14. The molecule has 6 heteroatoms. The monoisotopic (exact) mass is 297 g/mol. The van der Waals surface area contributed by atoms with Gasteiger partial charge in [-0.25, -0.2) is 0 Å². The van der Waals surface area contributed by atoms with Crippen LogP contribution in [0.4, 0.5) is 18.9 Å². The number of nitrogens with two attached hydrogens (primary N) is 1. The van der Waals surface area contributed by atoms with E-state index in [2.05, 4.69) is 0 Å². The molecule has 0 spiro atoms. The van der Waals surface area contributed by atoms with E-state index >= 15 is 0 Å². The maximum atomic E-state index is 13.0. The molecule has 1 unspecified atom stereocenters. The summed E-state index contributed by atoms with van der Waals surface area (Å²) in [7, 11) is 0. The van der Waals surface area contributed by atoms with Gasteiger partial charge < -0.3 is 10.6 Å². The van der Waals surface area contributed by atoms with Gasteiger partial charge in [0.15, 0.2) is 0 Å². The first-order chi connectivity index (χ1) is 9.95. The molecule has 0 radical (unpaired) electrons. The van der Waals surface area contributed by atoms with Crippen molar-refractivity contribution in [3.05, 3.63) is 29.3 Å². The third kappa shape index (κ3) is 3.67. The molecule has 0 amide bonds. The van der Waals surface area contributed by atoms with Crippen molar-refractivity contribution in [2.45, 2.75) is 25.4 Å². The van der Waals surface area contributed by atoms with Gasteiger partial charge in [-0.05, 0) is 49.9 Å². The van der Waals surface area contributed by atoms with Gasteiger partial charge >= 0.3 is 6.18 Å². The van der Waals surface area contributed by atoms with E-state index in [0.29, 0.717) is 18.2 Å². The maximum Gasteiger partial charge on any atom is 0.417 e. The standard InChI is InChI=1S/C15H18F3N3/c16-15(17,18)14-8-13(4-3-12(14)9-20)21-7-1-2-11(10-21)5-6-19/h3-4,8,11H,1-2,5-7,10,19H2. The highest BCUT2D eigenvalue weighted by Gasteiger charge is 2.34. The lowest BCUT2D eigenvalue weighted by Crippen LogP contribution is -2.36. The van der Waals surface area contributed by atoms with E-state index in [4.69, 9.17) is 11.0 Å². The number of nitriles is 1. The Hall–Kier alpha value is -1.74. The molecule has 1 fully saturated rings. The summed E-state index contributed by atoms with van der Waals surface area (Å²) in [6, 6.07) is 5.54. The van der Waals surface area contributed by atoms with E-state index in [1.807, 2.05) is 4.90 Å². The summed E-state index contributed by atoms with van der Waals surface area (Å²) in [6.07, 6.45) is -1.60. The molecule has 21 heavy (non-hydrogen) atoms. The molecule has 1 aromatic rings. The van der Waals surface area contributed by atoms with Crippen LogP contribution >= 0.6 is 0 Å². The normalized spacial score (nSPS) is 19.4. The summed E-state index contributed by atoms with van der Waals surface area (Å²) in [6.45, 7) is 2.06. The average molecular weight is 297 g/mol. The van der Waals surface area contributed by atoms with Crippen LogP contribution in [0.5, 0.6) is 0 Å². The lowest BCUT2D eigenvalue weighted by atomic mass is 9.94. The number of hydrogen-bond acceptors (Lipinski definition) is 3. The van der Waals surface area contributed by atoms with Crippen LogP contribution < -0.4 is 10.6 Å². The number of piperidine rings is 1. The molecule has 0 aromatic heterocycles. The molecular formula is C15H18F3N3. The van der Waals surface area contributed by atoms with Gasteiger partial charge in [0, 0.05) is 18.8 Å². The summed E-state index contributed by atoms with van der Waals surface area (Å²) in [5, 5.41) is 8.82. The highest BCUT2D eigenvalue weighted by Crippen LogP contribution is 2.35. The largest absolute Gasteiger partial charge is 0.417 e. The van der Waals surface area contributed by atoms with Gasteiger partial charge in [-0.3, -0.25) is 0 Å². The number of hydrogen-bond donors (Lipinski definition) is 1. The Morgan fingerprint density at radius 2 is 2.14 bits per heavy atom. The van der Waals surface area contributed by atoms with Crippen molar-refractivity contribution < 1.29 is 13.2 Å². The van der Waals surface area contributed by atoms with E-state index in [-0.39, 0.29) is 5.56 Å². The Bertz CT molecular complexity index is 532. The number of benzene rings is 1. The van der Waals surface area contributed by atoms with E-state index in [0.717, 1.165) is 38.4 Å². The van der Waals surface area contributed by atoms with Crippen LogP contribution in [0.2, 0.25) is 0 Å². The van der Waals surface area contributed by atoms with Gasteiger partial charge in [0.2, 0.25) is 0 Å². The second-order valence-corrected chi connectivity index (χ2v) is 5.37. The minimum Gasteiger partial charge on any atom is -0.371 e. The molecule has 0 bridgehead atoms. The molecule has 1 aromatic carbocycles. The molecule has 1 aliphatic rings. The second-order valence-electron chi connectivity index (χ2n) is 5.37. The molecule has 3 nitrogen and oxygen atoms in total. The summed E-state index contributed by atoms with van der Waals surface area (Å²) < 4.78 is 39.0. The lowest BCUT2D eigenvalue weighted by Gasteiger charge is -2.34. The topological polar surface area (TPSA) is 53.0 Å². The van der Waals surface area contributed by atoms with Crippen LogP contribution in [0.15, 0.2) is 18.2 Å². The molecule has 2 N–H and O–H groups in total. The fourth-order valence-corrected chi connectivity index (χ4v) is 2.83. The van der Waals surface area contributed by atoms with Crippen molar-refractivity contribution in [3.63, 3.8) is 0 Å². The SMILES string of the molecule is N#Cc1ccc(N2CCCC(CCN)C2)cc1C(F)(F)F. The van der Waals surface area contributed by atoms with Crippen molar-refractivity contribution in [2.75, 3.05) is 24.5 Å².